The summed E-state index contributed by atoms with van der Waals surface area (Å²) in [6, 6.07) is 7.97. The lowest BCUT2D eigenvalue weighted by molar-refractivity contribution is 0.386. The molecule has 0 radical (unpaired) electrons. The van der Waals surface area contributed by atoms with E-state index in [0.29, 0.717) is 21.5 Å². The second kappa shape index (κ2) is 6.86. The van der Waals surface area contributed by atoms with Gasteiger partial charge in [0.25, 0.3) is 0 Å². The first-order valence-corrected chi connectivity index (χ1v) is 7.59. The molecule has 0 N–H and O–H groups in total. The fourth-order valence-corrected chi connectivity index (χ4v) is 3.15. The molecule has 0 saturated carbocycles. The monoisotopic (exact) mass is 392 g/mol. The van der Waals surface area contributed by atoms with Crippen molar-refractivity contribution in [1.29, 1.82) is 0 Å². The number of hydrogen-bond donors (Lipinski definition) is 0. The highest BCUT2D eigenvalue weighted by Gasteiger charge is 2.21. The van der Waals surface area contributed by atoms with Gasteiger partial charge in [-0.05, 0) is 45.8 Å². The lowest BCUT2D eigenvalue weighted by Gasteiger charge is -2.17. The predicted molar refractivity (Wildman–Crippen MR) is 86.4 cm³/mol. The summed E-state index contributed by atoms with van der Waals surface area (Å²) in [6.45, 7) is 0. The van der Waals surface area contributed by atoms with Gasteiger partial charge in [-0.25, -0.2) is 4.39 Å². The third kappa shape index (κ3) is 3.28. The van der Waals surface area contributed by atoms with Crippen molar-refractivity contribution in [2.75, 3.05) is 14.2 Å². The van der Waals surface area contributed by atoms with E-state index < -0.39 is 11.2 Å². The zero-order chi connectivity index (χ0) is 15.6. The molecule has 0 aliphatic carbocycles. The largest absolute Gasteiger partial charge is 0.495 e. The fraction of sp³-hybridized carbons (Fsp3) is 0.200. The first-order chi connectivity index (χ1) is 9.99. The van der Waals surface area contributed by atoms with Crippen LogP contribution in [0.2, 0.25) is 5.02 Å². The highest BCUT2D eigenvalue weighted by molar-refractivity contribution is 9.10. The fourth-order valence-electron chi connectivity index (χ4n) is 1.97. The van der Waals surface area contributed by atoms with Crippen LogP contribution in [-0.4, -0.2) is 14.2 Å². The van der Waals surface area contributed by atoms with Gasteiger partial charge in [0.1, 0.15) is 21.8 Å². The van der Waals surface area contributed by atoms with Crippen LogP contribution in [0.15, 0.2) is 34.8 Å². The number of rotatable bonds is 4. The molecule has 0 aliphatic rings. The van der Waals surface area contributed by atoms with Gasteiger partial charge in [0.05, 0.1) is 24.6 Å². The summed E-state index contributed by atoms with van der Waals surface area (Å²) in [5, 5.41) is -0.495. The lowest BCUT2D eigenvalue weighted by Crippen LogP contribution is -2.00. The Morgan fingerprint density at radius 2 is 1.86 bits per heavy atom. The first kappa shape index (κ1) is 16.4. The van der Waals surface area contributed by atoms with Gasteiger partial charge in [-0.2, -0.15) is 0 Å². The number of methoxy groups -OCH3 is 2. The smallest absolute Gasteiger partial charge is 0.141 e. The highest BCUT2D eigenvalue weighted by atomic mass is 79.9. The Morgan fingerprint density at radius 3 is 2.43 bits per heavy atom. The maximum Gasteiger partial charge on any atom is 0.141 e. The normalized spacial score (nSPS) is 12.1. The molecule has 0 saturated heterocycles. The molecule has 0 heterocycles. The molecule has 6 heteroatoms. The number of ether oxygens (including phenoxy) is 2. The van der Waals surface area contributed by atoms with Crippen molar-refractivity contribution in [1.82, 2.24) is 0 Å². The minimum absolute atomic E-state index is 0.0321. The third-order valence-corrected chi connectivity index (χ3v) is 4.55. The van der Waals surface area contributed by atoms with E-state index >= 15 is 0 Å². The molecule has 0 fully saturated rings. The first-order valence-electron chi connectivity index (χ1n) is 5.99. The van der Waals surface area contributed by atoms with Crippen LogP contribution in [0, 0.1) is 5.82 Å². The number of halogens is 4. The van der Waals surface area contributed by atoms with Crippen LogP contribution in [0.5, 0.6) is 11.5 Å². The van der Waals surface area contributed by atoms with Crippen molar-refractivity contribution in [2.45, 2.75) is 5.38 Å². The zero-order valence-electron chi connectivity index (χ0n) is 11.3. The number of hydrogen-bond acceptors (Lipinski definition) is 2. The van der Waals surface area contributed by atoms with Crippen molar-refractivity contribution >= 4 is 39.1 Å². The van der Waals surface area contributed by atoms with E-state index in [-0.39, 0.29) is 5.02 Å². The van der Waals surface area contributed by atoms with Crippen LogP contribution in [0.4, 0.5) is 4.39 Å². The van der Waals surface area contributed by atoms with Gasteiger partial charge in [0.15, 0.2) is 0 Å². The van der Waals surface area contributed by atoms with E-state index in [2.05, 4.69) is 15.9 Å². The van der Waals surface area contributed by atoms with E-state index in [4.69, 9.17) is 32.7 Å². The number of benzene rings is 2. The summed E-state index contributed by atoms with van der Waals surface area (Å²) in [7, 11) is 3.11. The average molecular weight is 394 g/mol. The van der Waals surface area contributed by atoms with Gasteiger partial charge in [-0.15, -0.1) is 11.6 Å². The Kier molecular flexibility index (Phi) is 5.36. The quantitative estimate of drug-likeness (QED) is 0.630. The topological polar surface area (TPSA) is 18.5 Å². The molecular weight excluding hydrogens is 382 g/mol. The summed E-state index contributed by atoms with van der Waals surface area (Å²) in [5.74, 6) is 0.721. The molecule has 112 valence electrons. The summed E-state index contributed by atoms with van der Waals surface area (Å²) in [6.07, 6.45) is 0. The van der Waals surface area contributed by atoms with Crippen LogP contribution in [-0.2, 0) is 0 Å². The van der Waals surface area contributed by atoms with Crippen LogP contribution in [0.1, 0.15) is 16.5 Å². The second-order valence-electron chi connectivity index (χ2n) is 4.24. The van der Waals surface area contributed by atoms with Gasteiger partial charge in [-0.3, -0.25) is 0 Å². The molecule has 0 aliphatic heterocycles. The van der Waals surface area contributed by atoms with E-state index in [1.54, 1.807) is 32.4 Å². The van der Waals surface area contributed by atoms with Crippen LogP contribution >= 0.6 is 39.1 Å². The molecule has 0 amide bonds. The van der Waals surface area contributed by atoms with E-state index in [1.165, 1.54) is 12.1 Å². The van der Waals surface area contributed by atoms with Crippen molar-refractivity contribution in [3.05, 3.63) is 56.8 Å². The molecule has 0 aromatic heterocycles. The van der Waals surface area contributed by atoms with Crippen molar-refractivity contribution in [3.8, 4) is 11.5 Å². The Balaban J connectivity index is 2.50. The molecule has 2 aromatic carbocycles. The van der Waals surface area contributed by atoms with Crippen molar-refractivity contribution < 1.29 is 13.9 Å². The summed E-state index contributed by atoms with van der Waals surface area (Å²) in [4.78, 5) is 0. The summed E-state index contributed by atoms with van der Waals surface area (Å²) < 4.78 is 24.5. The minimum atomic E-state index is -0.528. The van der Waals surface area contributed by atoms with Crippen LogP contribution < -0.4 is 9.47 Å². The third-order valence-electron chi connectivity index (χ3n) is 3.03. The molecule has 1 atom stereocenters. The lowest BCUT2D eigenvalue weighted by atomic mass is 10.0. The molecule has 0 bridgehead atoms. The molecule has 2 rings (SSSR count). The maximum atomic E-state index is 13.2. The molecular formula is C15H12BrCl2FO2. The summed E-state index contributed by atoms with van der Waals surface area (Å²) >= 11 is 15.7. The van der Waals surface area contributed by atoms with Gasteiger partial charge < -0.3 is 9.47 Å². The molecule has 2 nitrogen and oxygen atoms in total. The van der Waals surface area contributed by atoms with Gasteiger partial charge in [0, 0.05) is 5.56 Å². The van der Waals surface area contributed by atoms with Gasteiger partial charge in [0.2, 0.25) is 0 Å². The number of alkyl halides is 1. The van der Waals surface area contributed by atoms with E-state index in [9.17, 15) is 4.39 Å². The molecule has 21 heavy (non-hydrogen) atoms. The minimum Gasteiger partial charge on any atom is -0.495 e. The van der Waals surface area contributed by atoms with Crippen molar-refractivity contribution in [2.24, 2.45) is 0 Å². The average Bonchev–Trinajstić information content (AvgIpc) is 2.49. The Labute approximate surface area is 140 Å². The van der Waals surface area contributed by atoms with Gasteiger partial charge >= 0.3 is 0 Å². The van der Waals surface area contributed by atoms with E-state index in [1.807, 2.05) is 0 Å². The molecule has 0 spiro atoms. The van der Waals surface area contributed by atoms with Crippen LogP contribution in [0.3, 0.4) is 0 Å². The standard InChI is InChI=1S/C15H12BrCl2FO2/c1-20-12-6-4-9(15(21-2)13(12)16)14(18)8-3-5-11(19)10(17)7-8/h3-7,14H,1-2H3. The Bertz CT molecular complexity index is 664. The molecule has 2 aromatic rings. The summed E-state index contributed by atoms with van der Waals surface area (Å²) in [5.41, 5.74) is 1.41. The van der Waals surface area contributed by atoms with Gasteiger partial charge in [-0.1, -0.05) is 17.7 Å². The zero-order valence-corrected chi connectivity index (χ0v) is 14.4. The maximum absolute atomic E-state index is 13.2. The highest BCUT2D eigenvalue weighted by Crippen LogP contribution is 2.43. The predicted octanol–water partition coefficient (Wildman–Crippen LogP) is 5.59. The van der Waals surface area contributed by atoms with Crippen LogP contribution in [0.25, 0.3) is 0 Å². The van der Waals surface area contributed by atoms with E-state index in [0.717, 1.165) is 5.56 Å². The molecule has 1 unspecified atom stereocenters. The SMILES string of the molecule is COc1ccc(C(Cl)c2ccc(F)c(Cl)c2)c(OC)c1Br. The second-order valence-corrected chi connectivity index (χ2v) is 5.88. The van der Waals surface area contributed by atoms with Crippen molar-refractivity contribution in [3.63, 3.8) is 0 Å². The Morgan fingerprint density at radius 1 is 1.14 bits per heavy atom. The Hall–Kier alpha value is -0.970.